The number of aliphatic hydroxyl groups is 1. The van der Waals surface area contributed by atoms with Gasteiger partial charge in [-0.25, -0.2) is 0 Å². The predicted octanol–water partition coefficient (Wildman–Crippen LogP) is 3.99. The van der Waals surface area contributed by atoms with Crippen molar-refractivity contribution >= 4 is 5.91 Å². The number of likely N-dealkylation sites (tertiary alicyclic amines) is 1. The van der Waals surface area contributed by atoms with Crippen LogP contribution in [0.4, 0.5) is 0 Å². The smallest absolute Gasteiger partial charge is 0.222 e. The van der Waals surface area contributed by atoms with Crippen molar-refractivity contribution in [1.82, 2.24) is 4.90 Å². The molecule has 3 nitrogen and oxygen atoms in total. The second kappa shape index (κ2) is 9.45. The van der Waals surface area contributed by atoms with Gasteiger partial charge in [-0.3, -0.25) is 4.79 Å². The molecule has 0 aliphatic carbocycles. The van der Waals surface area contributed by atoms with Gasteiger partial charge >= 0.3 is 0 Å². The summed E-state index contributed by atoms with van der Waals surface area (Å²) in [6.45, 7) is 9.20. The van der Waals surface area contributed by atoms with Crippen LogP contribution in [0.1, 0.15) is 78.6 Å². The summed E-state index contributed by atoms with van der Waals surface area (Å²) in [5, 5.41) is 8.72. The second-order valence-corrected chi connectivity index (χ2v) is 7.24. The third kappa shape index (κ3) is 6.37. The van der Waals surface area contributed by atoms with Crippen molar-refractivity contribution in [3.05, 3.63) is 0 Å². The molecule has 1 aliphatic rings. The van der Waals surface area contributed by atoms with Crippen LogP contribution in [0, 0.1) is 11.3 Å². The molecule has 1 saturated heterocycles. The van der Waals surface area contributed by atoms with Crippen LogP contribution in [0.2, 0.25) is 0 Å². The fourth-order valence-corrected chi connectivity index (χ4v) is 3.28. The Morgan fingerprint density at radius 1 is 1.10 bits per heavy atom. The summed E-state index contributed by atoms with van der Waals surface area (Å²) >= 11 is 0. The quantitative estimate of drug-likeness (QED) is 0.654. The number of carbonyl (C=O) groups is 1. The van der Waals surface area contributed by atoms with E-state index >= 15 is 0 Å². The highest BCUT2D eigenvalue weighted by Gasteiger charge is 2.32. The van der Waals surface area contributed by atoms with Crippen molar-refractivity contribution in [2.45, 2.75) is 78.6 Å². The number of nitrogens with zero attached hydrogens (tertiary/aromatic N) is 1. The molecule has 1 heterocycles. The zero-order valence-corrected chi connectivity index (χ0v) is 14.4. The van der Waals surface area contributed by atoms with Crippen molar-refractivity contribution < 1.29 is 9.90 Å². The molecule has 1 fully saturated rings. The van der Waals surface area contributed by atoms with E-state index in [1.807, 2.05) is 0 Å². The number of unbranched alkanes of at least 4 members (excludes halogenated alkanes) is 4. The second-order valence-electron chi connectivity index (χ2n) is 7.24. The van der Waals surface area contributed by atoms with Gasteiger partial charge in [-0.15, -0.1) is 0 Å². The molecule has 1 aliphatic heterocycles. The number of piperidine rings is 1. The summed E-state index contributed by atoms with van der Waals surface area (Å²) in [6, 6.07) is 0. The SMILES string of the molecule is CCC(C)(C)C1CCN(C(=O)CCCCCCCO)CC1. The van der Waals surface area contributed by atoms with Crippen LogP contribution < -0.4 is 0 Å². The van der Waals surface area contributed by atoms with E-state index < -0.39 is 0 Å². The maximum Gasteiger partial charge on any atom is 0.222 e. The third-order valence-electron chi connectivity index (χ3n) is 5.41. The highest BCUT2D eigenvalue weighted by molar-refractivity contribution is 5.76. The molecular formula is C18H35NO2. The molecule has 1 amide bonds. The molecule has 0 radical (unpaired) electrons. The molecule has 0 aromatic rings. The normalized spacial score (nSPS) is 17.2. The molecule has 0 spiro atoms. The van der Waals surface area contributed by atoms with Gasteiger partial charge in [0.2, 0.25) is 5.91 Å². The topological polar surface area (TPSA) is 40.5 Å². The average molecular weight is 297 g/mol. The van der Waals surface area contributed by atoms with E-state index in [0.29, 0.717) is 24.3 Å². The summed E-state index contributed by atoms with van der Waals surface area (Å²) in [5.41, 5.74) is 0.418. The molecule has 3 heteroatoms. The maximum atomic E-state index is 12.2. The van der Waals surface area contributed by atoms with Crippen LogP contribution in [-0.2, 0) is 4.79 Å². The Hall–Kier alpha value is -0.570. The Kier molecular flexibility index (Phi) is 8.31. The number of aliphatic hydroxyl groups excluding tert-OH is 1. The highest BCUT2D eigenvalue weighted by Crippen LogP contribution is 2.37. The first-order valence-electron chi connectivity index (χ1n) is 8.90. The van der Waals surface area contributed by atoms with Crippen LogP contribution in [0.25, 0.3) is 0 Å². The van der Waals surface area contributed by atoms with Gasteiger partial charge in [-0.1, -0.05) is 46.5 Å². The lowest BCUT2D eigenvalue weighted by Gasteiger charge is -2.40. The van der Waals surface area contributed by atoms with Gasteiger partial charge < -0.3 is 10.0 Å². The van der Waals surface area contributed by atoms with Gasteiger partial charge in [-0.05, 0) is 37.0 Å². The molecule has 0 aromatic heterocycles. The van der Waals surface area contributed by atoms with Crippen molar-refractivity contribution in [2.24, 2.45) is 11.3 Å². The lowest BCUT2D eigenvalue weighted by Crippen LogP contribution is -2.41. The van der Waals surface area contributed by atoms with Crippen LogP contribution in [0.15, 0.2) is 0 Å². The van der Waals surface area contributed by atoms with E-state index in [4.69, 9.17) is 5.11 Å². The number of rotatable bonds is 9. The van der Waals surface area contributed by atoms with E-state index in [9.17, 15) is 4.79 Å². The Morgan fingerprint density at radius 2 is 1.67 bits per heavy atom. The standard InChI is InChI=1S/C18H35NO2/c1-4-18(2,3)16-11-13-19(14-12-16)17(21)10-8-6-5-7-9-15-20/h16,20H,4-15H2,1-3H3. The van der Waals surface area contributed by atoms with Crippen LogP contribution in [0.3, 0.4) is 0 Å². The van der Waals surface area contributed by atoms with E-state index in [-0.39, 0.29) is 0 Å². The van der Waals surface area contributed by atoms with Gasteiger partial charge in [0.15, 0.2) is 0 Å². The van der Waals surface area contributed by atoms with Crippen molar-refractivity contribution in [1.29, 1.82) is 0 Å². The Labute approximate surface area is 131 Å². The minimum absolute atomic E-state index is 0.294. The molecule has 0 bridgehead atoms. The van der Waals surface area contributed by atoms with Gasteiger partial charge in [0.05, 0.1) is 0 Å². The zero-order valence-electron chi connectivity index (χ0n) is 14.4. The summed E-state index contributed by atoms with van der Waals surface area (Å²) in [6.07, 6.45) is 9.51. The minimum Gasteiger partial charge on any atom is -0.396 e. The number of hydrogen-bond donors (Lipinski definition) is 1. The molecule has 0 unspecified atom stereocenters. The molecule has 0 aromatic carbocycles. The van der Waals surface area contributed by atoms with Crippen molar-refractivity contribution in [2.75, 3.05) is 19.7 Å². The van der Waals surface area contributed by atoms with Crippen LogP contribution in [0.5, 0.6) is 0 Å². The first-order valence-corrected chi connectivity index (χ1v) is 8.90. The highest BCUT2D eigenvalue weighted by atomic mass is 16.2. The maximum absolute atomic E-state index is 12.2. The lowest BCUT2D eigenvalue weighted by atomic mass is 9.72. The van der Waals surface area contributed by atoms with Crippen molar-refractivity contribution in [3.63, 3.8) is 0 Å². The molecule has 0 atom stereocenters. The molecule has 1 rings (SSSR count). The minimum atomic E-state index is 0.294. The molecule has 21 heavy (non-hydrogen) atoms. The van der Waals surface area contributed by atoms with Gasteiger partial charge in [0, 0.05) is 26.1 Å². The largest absolute Gasteiger partial charge is 0.396 e. The number of carbonyl (C=O) groups excluding carboxylic acids is 1. The van der Waals surface area contributed by atoms with Gasteiger partial charge in [0.1, 0.15) is 0 Å². The fourth-order valence-electron chi connectivity index (χ4n) is 3.28. The molecular weight excluding hydrogens is 262 g/mol. The first-order chi connectivity index (χ1) is 10.0. The van der Waals surface area contributed by atoms with E-state index in [2.05, 4.69) is 25.7 Å². The molecule has 1 N–H and O–H groups in total. The Bertz CT molecular complexity index is 294. The van der Waals surface area contributed by atoms with Gasteiger partial charge in [-0.2, -0.15) is 0 Å². The average Bonchev–Trinajstić information content (AvgIpc) is 2.50. The van der Waals surface area contributed by atoms with Crippen LogP contribution >= 0.6 is 0 Å². The van der Waals surface area contributed by atoms with Crippen LogP contribution in [-0.4, -0.2) is 35.6 Å². The zero-order chi connectivity index (χ0) is 15.7. The van der Waals surface area contributed by atoms with Gasteiger partial charge in [0.25, 0.3) is 0 Å². The first kappa shape index (κ1) is 18.5. The fraction of sp³-hybridized carbons (Fsp3) is 0.944. The molecule has 0 saturated carbocycles. The lowest BCUT2D eigenvalue weighted by molar-refractivity contribution is -0.133. The van der Waals surface area contributed by atoms with Crippen molar-refractivity contribution in [3.8, 4) is 0 Å². The van der Waals surface area contributed by atoms with E-state index in [1.165, 1.54) is 19.3 Å². The number of amides is 1. The summed E-state index contributed by atoms with van der Waals surface area (Å²) in [4.78, 5) is 14.3. The monoisotopic (exact) mass is 297 g/mol. The Morgan fingerprint density at radius 3 is 2.24 bits per heavy atom. The van der Waals surface area contributed by atoms with E-state index in [0.717, 1.165) is 51.1 Å². The molecule has 124 valence electrons. The number of hydrogen-bond acceptors (Lipinski definition) is 2. The third-order valence-corrected chi connectivity index (χ3v) is 5.41. The van der Waals surface area contributed by atoms with E-state index in [1.54, 1.807) is 0 Å². The summed E-state index contributed by atoms with van der Waals surface area (Å²) in [5.74, 6) is 1.12. The predicted molar refractivity (Wildman–Crippen MR) is 88.2 cm³/mol. The summed E-state index contributed by atoms with van der Waals surface area (Å²) < 4.78 is 0. The Balaban J connectivity index is 2.17. The summed E-state index contributed by atoms with van der Waals surface area (Å²) in [7, 11) is 0.